The van der Waals surface area contributed by atoms with Crippen molar-refractivity contribution in [2.75, 3.05) is 16.8 Å². The van der Waals surface area contributed by atoms with E-state index < -0.39 is 11.9 Å². The Labute approximate surface area is 234 Å². The number of fused-ring (bicyclic) bond motifs is 1. The molecule has 8 nitrogen and oxygen atoms in total. The van der Waals surface area contributed by atoms with Crippen LogP contribution in [0.25, 0.3) is 5.70 Å². The van der Waals surface area contributed by atoms with E-state index in [9.17, 15) is 19.8 Å². The van der Waals surface area contributed by atoms with Gasteiger partial charge in [-0.1, -0.05) is 54.2 Å². The molecular formula is C31H24N4O4S. The number of hydrogen-bond donors (Lipinski definition) is 4. The molecule has 2 aliphatic rings. The van der Waals surface area contributed by atoms with E-state index in [2.05, 4.69) is 51.9 Å². The molecule has 1 atom stereocenters. The maximum absolute atomic E-state index is 12.0. The van der Waals surface area contributed by atoms with Gasteiger partial charge in [-0.05, 0) is 60.7 Å². The Balaban J connectivity index is 1.34. The van der Waals surface area contributed by atoms with Crippen molar-refractivity contribution in [3.05, 3.63) is 126 Å². The van der Waals surface area contributed by atoms with E-state index in [1.165, 1.54) is 12.1 Å². The zero-order valence-corrected chi connectivity index (χ0v) is 21.9. The van der Waals surface area contributed by atoms with Crippen LogP contribution in [-0.4, -0.2) is 33.7 Å². The van der Waals surface area contributed by atoms with Gasteiger partial charge in [0, 0.05) is 34.2 Å². The standard InChI is InChI=1S/C31H24N4O4S/c36-30(37)19-13-14-32-25(15-19)26-16-20(31(38)39)17-27(33-26)29-34-24-12-11-23(18-28(24)40-29)35(21-7-3-1-4-8-21)22-9-5-2-6-10-22/h1-13,15-18,29,32,34H,14H2,(H,36,37)(H,38,39). The quantitative estimate of drug-likeness (QED) is 0.208. The highest BCUT2D eigenvalue weighted by Crippen LogP contribution is 2.49. The molecule has 0 fully saturated rings. The Hall–Kier alpha value is -5.02. The van der Waals surface area contributed by atoms with Gasteiger partial charge >= 0.3 is 11.9 Å². The number of carboxylic acid groups (broad SMARTS) is 2. The van der Waals surface area contributed by atoms with Gasteiger partial charge < -0.3 is 25.7 Å². The number of nitrogens with one attached hydrogen (secondary N) is 2. The molecule has 198 valence electrons. The van der Waals surface area contributed by atoms with Gasteiger partial charge in [0.15, 0.2) is 0 Å². The summed E-state index contributed by atoms with van der Waals surface area (Å²) in [6.07, 6.45) is 3.03. The summed E-state index contributed by atoms with van der Waals surface area (Å²) in [5.74, 6) is -2.13. The molecule has 4 N–H and O–H groups in total. The molecule has 0 spiro atoms. The monoisotopic (exact) mass is 548 g/mol. The van der Waals surface area contributed by atoms with E-state index in [4.69, 9.17) is 4.98 Å². The van der Waals surface area contributed by atoms with Crippen molar-refractivity contribution in [1.82, 2.24) is 10.3 Å². The maximum Gasteiger partial charge on any atom is 0.335 e. The zero-order valence-electron chi connectivity index (χ0n) is 21.1. The van der Waals surface area contributed by atoms with Crippen LogP contribution in [0.1, 0.15) is 27.1 Å². The largest absolute Gasteiger partial charge is 0.478 e. The molecule has 6 rings (SSSR count). The Kier molecular flexibility index (Phi) is 6.71. The van der Waals surface area contributed by atoms with Gasteiger partial charge in [0.2, 0.25) is 0 Å². The van der Waals surface area contributed by atoms with E-state index in [-0.39, 0.29) is 16.5 Å². The SMILES string of the molecule is O=C(O)C1=CCNC(c2cc(C(=O)O)cc(C3Nc4ccc(N(c5ccccc5)c5ccccc5)cc4S3)n2)=C1. The van der Waals surface area contributed by atoms with Crippen LogP contribution in [0.4, 0.5) is 22.7 Å². The fourth-order valence-electron chi connectivity index (χ4n) is 4.70. The first-order chi connectivity index (χ1) is 19.5. The molecule has 3 aromatic carbocycles. The second-order valence-corrected chi connectivity index (χ2v) is 10.4. The number of benzene rings is 3. The predicted molar refractivity (Wildman–Crippen MR) is 156 cm³/mol. The number of nitrogens with zero attached hydrogens (tertiary/aromatic N) is 2. The highest BCUT2D eigenvalue weighted by Gasteiger charge is 2.27. The Bertz CT molecular complexity index is 1630. The Morgan fingerprint density at radius 2 is 1.55 bits per heavy atom. The summed E-state index contributed by atoms with van der Waals surface area (Å²) in [6.45, 7) is 0.311. The summed E-state index contributed by atoms with van der Waals surface area (Å²) in [7, 11) is 0. The van der Waals surface area contributed by atoms with Crippen LogP contribution in [0, 0.1) is 0 Å². The van der Waals surface area contributed by atoms with Crippen molar-refractivity contribution >= 4 is 52.1 Å². The lowest BCUT2D eigenvalue weighted by Gasteiger charge is -2.25. The van der Waals surface area contributed by atoms with Crippen LogP contribution in [0.2, 0.25) is 0 Å². The number of pyridine rings is 1. The molecule has 1 aromatic heterocycles. The van der Waals surface area contributed by atoms with Gasteiger partial charge in [-0.25, -0.2) is 14.6 Å². The second kappa shape index (κ2) is 10.6. The number of rotatable bonds is 7. The van der Waals surface area contributed by atoms with Crippen molar-refractivity contribution in [1.29, 1.82) is 0 Å². The highest BCUT2D eigenvalue weighted by atomic mass is 32.2. The fraction of sp³-hybridized carbons (Fsp3) is 0.0645. The molecule has 3 heterocycles. The first-order valence-corrected chi connectivity index (χ1v) is 13.5. The van der Waals surface area contributed by atoms with Crippen molar-refractivity contribution in [3.8, 4) is 0 Å². The summed E-state index contributed by atoms with van der Waals surface area (Å²) in [6, 6.07) is 29.5. The fourth-order valence-corrected chi connectivity index (χ4v) is 5.82. The number of aromatic carboxylic acids is 1. The maximum atomic E-state index is 12.0. The number of carbonyl (C=O) groups is 2. The van der Waals surface area contributed by atoms with E-state index >= 15 is 0 Å². The molecule has 0 bridgehead atoms. The third-order valence-electron chi connectivity index (χ3n) is 6.58. The summed E-state index contributed by atoms with van der Waals surface area (Å²) >= 11 is 1.55. The van der Waals surface area contributed by atoms with Gasteiger partial charge in [0.05, 0.1) is 28.2 Å². The van der Waals surface area contributed by atoms with Gasteiger partial charge in [-0.3, -0.25) is 0 Å². The van der Waals surface area contributed by atoms with E-state index in [1.807, 2.05) is 42.5 Å². The van der Waals surface area contributed by atoms with E-state index in [1.54, 1.807) is 23.9 Å². The lowest BCUT2D eigenvalue weighted by Crippen LogP contribution is -2.20. The van der Waals surface area contributed by atoms with Crippen LogP contribution < -0.4 is 15.5 Å². The van der Waals surface area contributed by atoms with E-state index in [0.29, 0.717) is 23.6 Å². The van der Waals surface area contributed by atoms with Gasteiger partial charge in [-0.15, -0.1) is 0 Å². The van der Waals surface area contributed by atoms with Crippen LogP contribution in [0.3, 0.4) is 0 Å². The number of hydrogen-bond acceptors (Lipinski definition) is 7. The number of para-hydroxylation sites is 2. The van der Waals surface area contributed by atoms with Gasteiger partial charge in [-0.2, -0.15) is 0 Å². The minimum atomic E-state index is -1.08. The first-order valence-electron chi connectivity index (χ1n) is 12.6. The third-order valence-corrected chi connectivity index (χ3v) is 7.77. The molecule has 2 aliphatic heterocycles. The highest BCUT2D eigenvalue weighted by molar-refractivity contribution is 8.00. The molecule has 0 saturated carbocycles. The molecule has 0 saturated heterocycles. The molecule has 40 heavy (non-hydrogen) atoms. The lowest BCUT2D eigenvalue weighted by atomic mass is 10.1. The van der Waals surface area contributed by atoms with Gasteiger partial charge in [0.25, 0.3) is 0 Å². The number of thioether (sulfide) groups is 1. The number of dihydropyridines is 1. The Morgan fingerprint density at radius 3 is 2.20 bits per heavy atom. The van der Waals surface area contributed by atoms with Crippen LogP contribution in [0.5, 0.6) is 0 Å². The molecule has 0 amide bonds. The lowest BCUT2D eigenvalue weighted by molar-refractivity contribution is -0.132. The summed E-state index contributed by atoms with van der Waals surface area (Å²) < 4.78 is 0. The number of aliphatic carboxylic acids is 1. The van der Waals surface area contributed by atoms with Crippen LogP contribution >= 0.6 is 11.8 Å². The summed E-state index contributed by atoms with van der Waals surface area (Å²) in [4.78, 5) is 31.4. The zero-order chi connectivity index (χ0) is 27.6. The minimum Gasteiger partial charge on any atom is -0.478 e. The average molecular weight is 549 g/mol. The van der Waals surface area contributed by atoms with Crippen molar-refractivity contribution in [2.45, 2.75) is 10.3 Å². The smallest absolute Gasteiger partial charge is 0.335 e. The average Bonchev–Trinajstić information content (AvgIpc) is 3.42. The summed E-state index contributed by atoms with van der Waals surface area (Å²) in [5, 5.41) is 25.4. The molecule has 1 unspecified atom stereocenters. The third kappa shape index (κ3) is 5.02. The van der Waals surface area contributed by atoms with E-state index in [0.717, 1.165) is 27.6 Å². The Morgan fingerprint density at radius 1 is 0.850 bits per heavy atom. The second-order valence-electron chi connectivity index (χ2n) is 9.20. The number of aromatic nitrogens is 1. The number of anilines is 4. The van der Waals surface area contributed by atoms with Crippen LogP contribution in [-0.2, 0) is 4.79 Å². The summed E-state index contributed by atoms with van der Waals surface area (Å²) in [5.41, 5.74) is 5.57. The molecule has 9 heteroatoms. The number of carboxylic acids is 2. The van der Waals surface area contributed by atoms with Crippen LogP contribution in [0.15, 0.2) is 114 Å². The van der Waals surface area contributed by atoms with Gasteiger partial charge in [0.1, 0.15) is 5.37 Å². The molecule has 0 radical (unpaired) electrons. The normalized spacial score (nSPS) is 15.7. The molecule has 4 aromatic rings. The molecular weight excluding hydrogens is 524 g/mol. The molecule has 0 aliphatic carbocycles. The topological polar surface area (TPSA) is 115 Å². The minimum absolute atomic E-state index is 0.0764. The predicted octanol–water partition coefficient (Wildman–Crippen LogP) is 6.42. The van der Waals surface area contributed by atoms with Crippen molar-refractivity contribution < 1.29 is 19.8 Å². The van der Waals surface area contributed by atoms with Crippen molar-refractivity contribution in [3.63, 3.8) is 0 Å². The van der Waals surface area contributed by atoms with Crippen molar-refractivity contribution in [2.24, 2.45) is 0 Å². The first kappa shape index (κ1) is 25.3.